The SMILES string of the molecule is CCCc1nn2cc(CC(=O)NN)nc2s1. The topological polar surface area (TPSA) is 85.3 Å². The van der Waals surface area contributed by atoms with Gasteiger partial charge in [0.1, 0.15) is 5.01 Å². The fourth-order valence-corrected chi connectivity index (χ4v) is 2.40. The zero-order valence-electron chi connectivity index (χ0n) is 8.93. The molecule has 7 heteroatoms. The molecule has 86 valence electrons. The van der Waals surface area contributed by atoms with Gasteiger partial charge in [0.15, 0.2) is 0 Å². The van der Waals surface area contributed by atoms with Crippen molar-refractivity contribution in [2.45, 2.75) is 26.2 Å². The molecule has 0 fully saturated rings. The van der Waals surface area contributed by atoms with Crippen molar-refractivity contribution in [1.29, 1.82) is 0 Å². The van der Waals surface area contributed by atoms with E-state index in [9.17, 15) is 4.79 Å². The molecule has 0 radical (unpaired) electrons. The Morgan fingerprint density at radius 2 is 2.50 bits per heavy atom. The van der Waals surface area contributed by atoms with Gasteiger partial charge in [-0.25, -0.2) is 15.3 Å². The number of aromatic nitrogens is 3. The van der Waals surface area contributed by atoms with Gasteiger partial charge in [0.25, 0.3) is 0 Å². The molecule has 2 aromatic heterocycles. The average molecular weight is 239 g/mol. The molecule has 3 N–H and O–H groups in total. The molecule has 0 unspecified atom stereocenters. The maximum Gasteiger partial charge on any atom is 0.239 e. The molecular weight excluding hydrogens is 226 g/mol. The van der Waals surface area contributed by atoms with Gasteiger partial charge in [-0.3, -0.25) is 10.2 Å². The number of hydrazine groups is 1. The molecule has 0 spiro atoms. The third kappa shape index (κ3) is 2.20. The number of hydrogen-bond acceptors (Lipinski definition) is 5. The van der Waals surface area contributed by atoms with E-state index in [1.165, 1.54) is 0 Å². The number of carbonyl (C=O) groups is 1. The molecule has 0 saturated heterocycles. The number of nitrogens with two attached hydrogens (primary N) is 1. The molecule has 2 rings (SSSR count). The number of hydrogen-bond donors (Lipinski definition) is 2. The lowest BCUT2D eigenvalue weighted by molar-refractivity contribution is -0.120. The Kier molecular flexibility index (Phi) is 3.16. The summed E-state index contributed by atoms with van der Waals surface area (Å²) in [6.07, 6.45) is 3.99. The maximum absolute atomic E-state index is 11.0. The van der Waals surface area contributed by atoms with Crippen LogP contribution in [-0.2, 0) is 17.6 Å². The van der Waals surface area contributed by atoms with Crippen LogP contribution in [0.3, 0.4) is 0 Å². The van der Waals surface area contributed by atoms with Gasteiger partial charge in [-0.05, 0) is 6.42 Å². The van der Waals surface area contributed by atoms with Crippen molar-refractivity contribution in [2.75, 3.05) is 0 Å². The minimum Gasteiger partial charge on any atom is -0.294 e. The second-order valence-corrected chi connectivity index (χ2v) is 4.49. The summed E-state index contributed by atoms with van der Waals surface area (Å²) in [5.74, 6) is 4.76. The van der Waals surface area contributed by atoms with Crippen molar-refractivity contribution >= 4 is 22.2 Å². The summed E-state index contributed by atoms with van der Waals surface area (Å²) >= 11 is 1.56. The van der Waals surface area contributed by atoms with Crippen LogP contribution in [0.5, 0.6) is 0 Å². The first-order valence-electron chi connectivity index (χ1n) is 5.06. The lowest BCUT2D eigenvalue weighted by Crippen LogP contribution is -2.31. The molecule has 0 bridgehead atoms. The molecule has 0 aliphatic rings. The van der Waals surface area contributed by atoms with E-state index in [0.29, 0.717) is 5.69 Å². The summed E-state index contributed by atoms with van der Waals surface area (Å²) in [5.41, 5.74) is 2.76. The Balaban J connectivity index is 2.18. The van der Waals surface area contributed by atoms with Gasteiger partial charge in [0, 0.05) is 6.42 Å². The molecule has 0 aliphatic carbocycles. The number of aryl methyl sites for hydroxylation is 1. The van der Waals surface area contributed by atoms with Crippen molar-refractivity contribution in [3.05, 3.63) is 16.9 Å². The second kappa shape index (κ2) is 4.58. The van der Waals surface area contributed by atoms with E-state index < -0.39 is 0 Å². The van der Waals surface area contributed by atoms with E-state index in [2.05, 4.69) is 22.4 Å². The van der Waals surface area contributed by atoms with Crippen molar-refractivity contribution < 1.29 is 4.79 Å². The van der Waals surface area contributed by atoms with Crippen LogP contribution in [0.1, 0.15) is 24.0 Å². The van der Waals surface area contributed by atoms with E-state index >= 15 is 0 Å². The molecule has 0 aromatic carbocycles. The molecule has 1 amide bonds. The number of amides is 1. The number of nitrogens with zero attached hydrogens (tertiary/aromatic N) is 3. The second-order valence-electron chi connectivity index (χ2n) is 3.45. The van der Waals surface area contributed by atoms with Gasteiger partial charge in [-0.1, -0.05) is 18.3 Å². The van der Waals surface area contributed by atoms with Crippen LogP contribution in [0.4, 0.5) is 0 Å². The molecule has 0 aliphatic heterocycles. The lowest BCUT2D eigenvalue weighted by Gasteiger charge is -1.93. The smallest absolute Gasteiger partial charge is 0.239 e. The summed E-state index contributed by atoms with van der Waals surface area (Å²) in [6.45, 7) is 2.11. The van der Waals surface area contributed by atoms with Crippen LogP contribution in [0.25, 0.3) is 4.96 Å². The largest absolute Gasteiger partial charge is 0.294 e. The Hall–Kier alpha value is -1.47. The van der Waals surface area contributed by atoms with Gasteiger partial charge >= 0.3 is 0 Å². The molecule has 16 heavy (non-hydrogen) atoms. The fourth-order valence-electron chi connectivity index (χ4n) is 1.40. The summed E-state index contributed by atoms with van der Waals surface area (Å²) in [4.78, 5) is 16.2. The zero-order chi connectivity index (χ0) is 11.5. The Labute approximate surface area is 96.4 Å². The van der Waals surface area contributed by atoms with Gasteiger partial charge in [0.2, 0.25) is 10.9 Å². The summed E-state index contributed by atoms with van der Waals surface area (Å²) < 4.78 is 1.72. The highest BCUT2D eigenvalue weighted by atomic mass is 32.1. The van der Waals surface area contributed by atoms with Crippen LogP contribution in [0, 0.1) is 0 Å². The van der Waals surface area contributed by atoms with E-state index in [1.807, 2.05) is 0 Å². The number of imidazole rings is 1. The van der Waals surface area contributed by atoms with Gasteiger partial charge in [-0.2, -0.15) is 5.10 Å². The molecule has 2 heterocycles. The molecule has 6 nitrogen and oxygen atoms in total. The average Bonchev–Trinajstić information content (AvgIpc) is 2.75. The zero-order valence-corrected chi connectivity index (χ0v) is 9.75. The predicted octanol–water partition coefficient (Wildman–Crippen LogP) is 0.276. The van der Waals surface area contributed by atoms with Crippen LogP contribution in [0.15, 0.2) is 6.20 Å². The number of nitrogens with one attached hydrogen (secondary N) is 1. The first-order valence-corrected chi connectivity index (χ1v) is 5.88. The first kappa shape index (κ1) is 11.0. The molecular formula is C9H13N5OS. The van der Waals surface area contributed by atoms with E-state index in [4.69, 9.17) is 5.84 Å². The quantitative estimate of drug-likeness (QED) is 0.456. The summed E-state index contributed by atoms with van der Waals surface area (Å²) in [7, 11) is 0. The minimum atomic E-state index is -0.250. The minimum absolute atomic E-state index is 0.190. The molecule has 0 saturated carbocycles. The summed E-state index contributed by atoms with van der Waals surface area (Å²) in [6, 6.07) is 0. The van der Waals surface area contributed by atoms with Crippen LogP contribution >= 0.6 is 11.3 Å². The standard InChI is InChI=1S/C9H13N5OS/c1-2-3-8-13-14-5-6(4-7(15)12-10)11-9(14)16-8/h5H,2-4,10H2,1H3,(H,12,15). The number of rotatable bonds is 4. The predicted molar refractivity (Wildman–Crippen MR) is 60.9 cm³/mol. The Bertz CT molecular complexity index is 471. The molecule has 2 aromatic rings. The van der Waals surface area contributed by atoms with Gasteiger partial charge < -0.3 is 0 Å². The highest BCUT2D eigenvalue weighted by molar-refractivity contribution is 7.16. The van der Waals surface area contributed by atoms with Crippen molar-refractivity contribution in [3.8, 4) is 0 Å². The van der Waals surface area contributed by atoms with E-state index in [0.717, 1.165) is 22.8 Å². The van der Waals surface area contributed by atoms with E-state index in [1.54, 1.807) is 22.0 Å². The fraction of sp³-hybridized carbons (Fsp3) is 0.444. The maximum atomic E-state index is 11.0. The normalized spacial score (nSPS) is 10.9. The third-order valence-corrected chi connectivity index (χ3v) is 3.08. The first-order chi connectivity index (χ1) is 7.72. The third-order valence-electron chi connectivity index (χ3n) is 2.10. The van der Waals surface area contributed by atoms with Crippen molar-refractivity contribution in [1.82, 2.24) is 20.0 Å². The van der Waals surface area contributed by atoms with Gasteiger partial charge in [0.05, 0.1) is 18.3 Å². The van der Waals surface area contributed by atoms with E-state index in [-0.39, 0.29) is 12.3 Å². The van der Waals surface area contributed by atoms with Crippen molar-refractivity contribution in [3.63, 3.8) is 0 Å². The lowest BCUT2D eigenvalue weighted by atomic mass is 10.3. The monoisotopic (exact) mass is 239 g/mol. The molecule has 0 atom stereocenters. The van der Waals surface area contributed by atoms with Crippen molar-refractivity contribution in [2.24, 2.45) is 5.84 Å². The number of carbonyl (C=O) groups excluding carboxylic acids is 1. The van der Waals surface area contributed by atoms with Crippen LogP contribution in [0.2, 0.25) is 0 Å². The number of fused-ring (bicyclic) bond motifs is 1. The Morgan fingerprint density at radius 3 is 3.12 bits per heavy atom. The highest BCUT2D eigenvalue weighted by Gasteiger charge is 2.10. The van der Waals surface area contributed by atoms with Crippen LogP contribution in [-0.4, -0.2) is 20.5 Å². The highest BCUT2D eigenvalue weighted by Crippen LogP contribution is 2.16. The van der Waals surface area contributed by atoms with Gasteiger partial charge in [-0.15, -0.1) is 0 Å². The Morgan fingerprint density at radius 1 is 1.69 bits per heavy atom. The summed E-state index contributed by atoms with van der Waals surface area (Å²) in [5, 5.41) is 5.44. The van der Waals surface area contributed by atoms with Crippen LogP contribution < -0.4 is 11.3 Å².